The Bertz CT molecular complexity index is 708. The molecule has 1 aromatic heterocycles. The molecule has 0 radical (unpaired) electrons. The van der Waals surface area contributed by atoms with Gasteiger partial charge in [-0.2, -0.15) is 5.10 Å². The van der Waals surface area contributed by atoms with Crippen LogP contribution in [0, 0.1) is 18.8 Å². The second-order valence-electron chi connectivity index (χ2n) is 4.48. The van der Waals surface area contributed by atoms with E-state index in [0.29, 0.717) is 17.9 Å². The lowest BCUT2D eigenvalue weighted by Gasteiger charge is -2.07. The van der Waals surface area contributed by atoms with E-state index in [4.69, 9.17) is 5.11 Å². The van der Waals surface area contributed by atoms with Crippen molar-refractivity contribution in [2.45, 2.75) is 20.4 Å². The molecule has 0 aliphatic heterocycles. The number of amides is 1. The standard InChI is InChI=1S/C16H17N3O2/c1-3-19-15(10-12(2)18-19)16(21)17-14-8-4-6-13(11-14)7-5-9-20/h4,6,8,10-11,20H,3,9H2,1-2H3,(H,17,21). The Hall–Kier alpha value is -2.58. The molecule has 1 aromatic carbocycles. The molecule has 108 valence electrons. The number of nitrogens with zero attached hydrogens (tertiary/aromatic N) is 2. The number of aryl methyl sites for hydroxylation is 2. The smallest absolute Gasteiger partial charge is 0.273 e. The summed E-state index contributed by atoms with van der Waals surface area (Å²) in [6, 6.07) is 8.94. The summed E-state index contributed by atoms with van der Waals surface area (Å²) >= 11 is 0. The normalized spacial score (nSPS) is 9.86. The molecule has 5 nitrogen and oxygen atoms in total. The van der Waals surface area contributed by atoms with Crippen LogP contribution in [0.5, 0.6) is 0 Å². The lowest BCUT2D eigenvalue weighted by atomic mass is 10.2. The molecule has 2 N–H and O–H groups in total. The van der Waals surface area contributed by atoms with Crippen molar-refractivity contribution in [3.8, 4) is 11.8 Å². The van der Waals surface area contributed by atoms with Crippen LogP contribution in [-0.4, -0.2) is 27.4 Å². The summed E-state index contributed by atoms with van der Waals surface area (Å²) in [5, 5.41) is 15.8. The first-order chi connectivity index (χ1) is 10.1. The number of anilines is 1. The molecule has 0 spiro atoms. The third kappa shape index (κ3) is 3.71. The van der Waals surface area contributed by atoms with Crippen molar-refractivity contribution in [3.05, 3.63) is 47.3 Å². The van der Waals surface area contributed by atoms with E-state index >= 15 is 0 Å². The van der Waals surface area contributed by atoms with Gasteiger partial charge in [0.1, 0.15) is 12.3 Å². The van der Waals surface area contributed by atoms with Gasteiger partial charge in [-0.3, -0.25) is 9.48 Å². The first-order valence-electron chi connectivity index (χ1n) is 6.69. The Labute approximate surface area is 123 Å². The van der Waals surface area contributed by atoms with Gasteiger partial charge in [-0.1, -0.05) is 17.9 Å². The van der Waals surface area contributed by atoms with Crippen LogP contribution in [0.4, 0.5) is 5.69 Å². The van der Waals surface area contributed by atoms with E-state index in [1.165, 1.54) is 0 Å². The zero-order chi connectivity index (χ0) is 15.2. The molecule has 0 aliphatic rings. The lowest BCUT2D eigenvalue weighted by molar-refractivity contribution is 0.101. The fourth-order valence-corrected chi connectivity index (χ4v) is 1.98. The van der Waals surface area contributed by atoms with Gasteiger partial charge >= 0.3 is 0 Å². The van der Waals surface area contributed by atoms with Crippen molar-refractivity contribution < 1.29 is 9.90 Å². The Morgan fingerprint density at radius 3 is 2.95 bits per heavy atom. The molecule has 0 saturated carbocycles. The predicted octanol–water partition coefficient (Wildman–Crippen LogP) is 1.81. The Balaban J connectivity index is 2.19. The van der Waals surface area contributed by atoms with E-state index < -0.39 is 0 Å². The van der Waals surface area contributed by atoms with E-state index in [9.17, 15) is 4.79 Å². The number of carbonyl (C=O) groups excluding carboxylic acids is 1. The van der Waals surface area contributed by atoms with Gasteiger partial charge in [0, 0.05) is 17.8 Å². The third-order valence-electron chi connectivity index (χ3n) is 2.87. The van der Waals surface area contributed by atoms with Gasteiger partial charge < -0.3 is 10.4 Å². The van der Waals surface area contributed by atoms with Crippen LogP contribution in [-0.2, 0) is 6.54 Å². The number of hydrogen-bond acceptors (Lipinski definition) is 3. The zero-order valence-corrected chi connectivity index (χ0v) is 12.1. The molecule has 0 fully saturated rings. The number of hydrogen-bond donors (Lipinski definition) is 2. The first kappa shape index (κ1) is 14.8. The highest BCUT2D eigenvalue weighted by Gasteiger charge is 2.13. The minimum absolute atomic E-state index is 0.189. The summed E-state index contributed by atoms with van der Waals surface area (Å²) in [4.78, 5) is 12.3. The Kier molecular flexibility index (Phi) is 4.75. The summed E-state index contributed by atoms with van der Waals surface area (Å²) in [6.45, 7) is 4.24. The van der Waals surface area contributed by atoms with E-state index in [1.807, 2.05) is 19.9 Å². The van der Waals surface area contributed by atoms with E-state index in [1.54, 1.807) is 28.9 Å². The summed E-state index contributed by atoms with van der Waals surface area (Å²) in [5.74, 6) is 5.18. The number of carbonyl (C=O) groups is 1. The third-order valence-corrected chi connectivity index (χ3v) is 2.87. The molecular weight excluding hydrogens is 266 g/mol. The van der Waals surface area contributed by atoms with Crippen LogP contribution < -0.4 is 5.32 Å². The van der Waals surface area contributed by atoms with Gasteiger partial charge in [-0.15, -0.1) is 0 Å². The number of aliphatic hydroxyl groups excluding tert-OH is 1. The molecule has 0 saturated heterocycles. The fourth-order valence-electron chi connectivity index (χ4n) is 1.98. The minimum atomic E-state index is -0.204. The van der Waals surface area contributed by atoms with Crippen LogP contribution in [0.2, 0.25) is 0 Å². The Morgan fingerprint density at radius 1 is 1.43 bits per heavy atom. The molecule has 21 heavy (non-hydrogen) atoms. The molecule has 0 atom stereocenters. The maximum Gasteiger partial charge on any atom is 0.273 e. The first-order valence-corrected chi connectivity index (χ1v) is 6.69. The average molecular weight is 283 g/mol. The van der Waals surface area contributed by atoms with Gasteiger partial charge in [0.05, 0.1) is 5.69 Å². The second-order valence-corrected chi connectivity index (χ2v) is 4.48. The topological polar surface area (TPSA) is 67.2 Å². The molecule has 2 rings (SSSR count). The average Bonchev–Trinajstić information content (AvgIpc) is 2.87. The molecule has 0 bridgehead atoms. The molecule has 2 aromatic rings. The van der Waals surface area contributed by atoms with Gasteiger partial charge in [-0.25, -0.2) is 0 Å². The summed E-state index contributed by atoms with van der Waals surface area (Å²) < 4.78 is 1.67. The highest BCUT2D eigenvalue weighted by atomic mass is 16.2. The maximum atomic E-state index is 12.3. The fraction of sp³-hybridized carbons (Fsp3) is 0.250. The summed E-state index contributed by atoms with van der Waals surface area (Å²) in [6.07, 6.45) is 0. The zero-order valence-electron chi connectivity index (χ0n) is 12.1. The van der Waals surface area contributed by atoms with Crippen molar-refractivity contribution in [2.75, 3.05) is 11.9 Å². The lowest BCUT2D eigenvalue weighted by Crippen LogP contribution is -2.17. The van der Waals surface area contributed by atoms with Crippen LogP contribution in [0.3, 0.4) is 0 Å². The largest absolute Gasteiger partial charge is 0.384 e. The molecule has 5 heteroatoms. The van der Waals surface area contributed by atoms with Gasteiger partial charge in [-0.05, 0) is 38.1 Å². The number of benzene rings is 1. The highest BCUT2D eigenvalue weighted by Crippen LogP contribution is 2.12. The number of rotatable bonds is 3. The number of aromatic nitrogens is 2. The quantitative estimate of drug-likeness (QED) is 0.844. The van der Waals surface area contributed by atoms with Crippen molar-refractivity contribution in [2.24, 2.45) is 0 Å². The summed E-state index contributed by atoms with van der Waals surface area (Å²) in [5.41, 5.74) is 2.74. The van der Waals surface area contributed by atoms with E-state index in [2.05, 4.69) is 22.3 Å². The van der Waals surface area contributed by atoms with Gasteiger partial charge in [0.25, 0.3) is 5.91 Å². The molecule has 1 amide bonds. The molecular formula is C16H17N3O2. The SMILES string of the molecule is CCn1nc(C)cc1C(=O)Nc1cccc(C#CCO)c1. The Morgan fingerprint density at radius 2 is 2.24 bits per heavy atom. The van der Waals surface area contributed by atoms with Crippen molar-refractivity contribution in [1.82, 2.24) is 9.78 Å². The van der Waals surface area contributed by atoms with Crippen LogP contribution in [0.25, 0.3) is 0 Å². The van der Waals surface area contributed by atoms with Crippen LogP contribution in [0.15, 0.2) is 30.3 Å². The number of nitrogens with one attached hydrogen (secondary N) is 1. The highest BCUT2D eigenvalue weighted by molar-refractivity contribution is 6.03. The summed E-state index contributed by atoms with van der Waals surface area (Å²) in [7, 11) is 0. The monoisotopic (exact) mass is 283 g/mol. The van der Waals surface area contributed by atoms with E-state index in [0.717, 1.165) is 11.3 Å². The van der Waals surface area contributed by atoms with Crippen LogP contribution in [0.1, 0.15) is 28.7 Å². The second kappa shape index (κ2) is 6.73. The van der Waals surface area contributed by atoms with Crippen molar-refractivity contribution in [1.29, 1.82) is 0 Å². The van der Waals surface area contributed by atoms with Crippen LogP contribution >= 0.6 is 0 Å². The van der Waals surface area contributed by atoms with Crippen molar-refractivity contribution in [3.63, 3.8) is 0 Å². The molecule has 1 heterocycles. The van der Waals surface area contributed by atoms with Gasteiger partial charge in [0.2, 0.25) is 0 Å². The minimum Gasteiger partial charge on any atom is -0.384 e. The maximum absolute atomic E-state index is 12.3. The van der Waals surface area contributed by atoms with Gasteiger partial charge in [0.15, 0.2) is 0 Å². The predicted molar refractivity (Wildman–Crippen MR) is 81.0 cm³/mol. The van der Waals surface area contributed by atoms with Crippen molar-refractivity contribution >= 4 is 11.6 Å². The molecule has 0 aliphatic carbocycles. The number of aliphatic hydroxyl groups is 1. The van der Waals surface area contributed by atoms with E-state index in [-0.39, 0.29) is 12.5 Å². The molecule has 0 unspecified atom stereocenters.